The molecular weight excluding hydrogens is 280 g/mol. The summed E-state index contributed by atoms with van der Waals surface area (Å²) in [6, 6.07) is 0.00940. The van der Waals surface area contributed by atoms with Crippen molar-refractivity contribution in [3.05, 3.63) is 0 Å². The Labute approximate surface area is 134 Å². The number of nitrogens with zero attached hydrogens (tertiary/aromatic N) is 2. The molecule has 0 radical (unpaired) electrons. The Morgan fingerprint density at radius 1 is 1.14 bits per heavy atom. The van der Waals surface area contributed by atoms with Crippen molar-refractivity contribution in [2.24, 2.45) is 11.8 Å². The number of hydrogen-bond acceptors (Lipinski definition) is 3. The second-order valence-corrected chi connectivity index (χ2v) is 7.16. The monoisotopic (exact) mass is 312 g/mol. The van der Waals surface area contributed by atoms with E-state index in [2.05, 4.69) is 27.7 Å². The molecule has 1 heterocycles. The zero-order chi connectivity index (χ0) is 16.7. The molecule has 0 aromatic heterocycles. The lowest BCUT2D eigenvalue weighted by molar-refractivity contribution is -0.154. The second kappa shape index (κ2) is 9.13. The molecule has 0 spiro atoms. The van der Waals surface area contributed by atoms with Gasteiger partial charge in [0.25, 0.3) is 0 Å². The Hall–Kier alpha value is -1.10. The highest BCUT2D eigenvalue weighted by Gasteiger charge is 2.33. The van der Waals surface area contributed by atoms with E-state index in [-0.39, 0.29) is 24.5 Å². The van der Waals surface area contributed by atoms with Crippen molar-refractivity contribution in [3.8, 4) is 0 Å². The lowest BCUT2D eigenvalue weighted by atomic mass is 9.99. The van der Waals surface area contributed by atoms with E-state index in [0.717, 1.165) is 19.3 Å². The van der Waals surface area contributed by atoms with Crippen molar-refractivity contribution in [1.82, 2.24) is 9.80 Å². The number of carbonyl (C=O) groups excluding carboxylic acids is 2. The number of aliphatic hydroxyl groups is 1. The number of hydrogen-bond donors (Lipinski definition) is 1. The number of piperidine rings is 1. The molecule has 1 rings (SSSR count). The number of rotatable bonds is 6. The molecule has 0 aromatic carbocycles. The zero-order valence-corrected chi connectivity index (χ0v) is 14.5. The SMILES string of the molecule is CC(C)CN(CC(C)C)C(=O)C(=O)N1CCCCC1CCO. The summed E-state index contributed by atoms with van der Waals surface area (Å²) >= 11 is 0. The Morgan fingerprint density at radius 2 is 1.73 bits per heavy atom. The molecule has 5 heteroatoms. The molecule has 1 N–H and O–H groups in total. The normalized spacial score (nSPS) is 18.9. The van der Waals surface area contributed by atoms with Crippen LogP contribution in [0.25, 0.3) is 0 Å². The summed E-state index contributed by atoms with van der Waals surface area (Å²) in [5, 5.41) is 9.17. The predicted octanol–water partition coefficient (Wildman–Crippen LogP) is 1.89. The van der Waals surface area contributed by atoms with E-state index in [1.165, 1.54) is 0 Å². The molecular formula is C17H32N2O3. The minimum absolute atomic E-state index is 0.00940. The van der Waals surface area contributed by atoms with Crippen LogP contribution in [0, 0.1) is 11.8 Å². The lowest BCUT2D eigenvalue weighted by Gasteiger charge is -2.36. The Bertz CT molecular complexity index is 357. The maximum Gasteiger partial charge on any atom is 0.312 e. The molecule has 128 valence electrons. The highest BCUT2D eigenvalue weighted by atomic mass is 16.3. The van der Waals surface area contributed by atoms with Crippen LogP contribution in [0.4, 0.5) is 0 Å². The van der Waals surface area contributed by atoms with Crippen LogP contribution in [0.15, 0.2) is 0 Å². The molecule has 1 aliphatic rings. The van der Waals surface area contributed by atoms with Gasteiger partial charge in [-0.25, -0.2) is 0 Å². The van der Waals surface area contributed by atoms with Crippen molar-refractivity contribution in [1.29, 1.82) is 0 Å². The Kier molecular flexibility index (Phi) is 7.87. The van der Waals surface area contributed by atoms with Gasteiger partial charge >= 0.3 is 11.8 Å². The summed E-state index contributed by atoms with van der Waals surface area (Å²) < 4.78 is 0. The van der Waals surface area contributed by atoms with E-state index in [1.807, 2.05) is 0 Å². The maximum absolute atomic E-state index is 12.6. The molecule has 1 fully saturated rings. The molecule has 0 aromatic rings. The zero-order valence-electron chi connectivity index (χ0n) is 14.5. The van der Waals surface area contributed by atoms with Gasteiger partial charge in [0.05, 0.1) is 0 Å². The first-order valence-electron chi connectivity index (χ1n) is 8.57. The fourth-order valence-electron chi connectivity index (χ4n) is 3.10. The third kappa shape index (κ3) is 5.59. The number of aliphatic hydroxyl groups excluding tert-OH is 1. The summed E-state index contributed by atoms with van der Waals surface area (Å²) in [5.41, 5.74) is 0. The van der Waals surface area contributed by atoms with Crippen LogP contribution in [0.1, 0.15) is 53.4 Å². The fourth-order valence-corrected chi connectivity index (χ4v) is 3.10. The molecule has 5 nitrogen and oxygen atoms in total. The van der Waals surface area contributed by atoms with Gasteiger partial charge in [0, 0.05) is 32.3 Å². The van der Waals surface area contributed by atoms with Gasteiger partial charge in [0.2, 0.25) is 0 Å². The average molecular weight is 312 g/mol. The maximum atomic E-state index is 12.6. The highest BCUT2D eigenvalue weighted by molar-refractivity contribution is 6.35. The summed E-state index contributed by atoms with van der Waals surface area (Å²) in [6.45, 7) is 10.1. The van der Waals surface area contributed by atoms with Crippen LogP contribution < -0.4 is 0 Å². The van der Waals surface area contributed by atoms with Crippen LogP contribution in [0.5, 0.6) is 0 Å². The first kappa shape index (κ1) is 18.9. The lowest BCUT2D eigenvalue weighted by Crippen LogP contribution is -2.52. The molecule has 1 aliphatic heterocycles. The topological polar surface area (TPSA) is 60.9 Å². The van der Waals surface area contributed by atoms with Crippen molar-refractivity contribution in [3.63, 3.8) is 0 Å². The highest BCUT2D eigenvalue weighted by Crippen LogP contribution is 2.20. The fraction of sp³-hybridized carbons (Fsp3) is 0.882. The van der Waals surface area contributed by atoms with Gasteiger partial charge in [-0.1, -0.05) is 27.7 Å². The van der Waals surface area contributed by atoms with Gasteiger partial charge in [-0.2, -0.15) is 0 Å². The van der Waals surface area contributed by atoms with Crippen molar-refractivity contribution >= 4 is 11.8 Å². The standard InChI is InChI=1S/C17H32N2O3/c1-13(2)11-18(12-14(3)4)16(21)17(22)19-9-6-5-7-15(19)8-10-20/h13-15,20H,5-12H2,1-4H3. The second-order valence-electron chi connectivity index (χ2n) is 7.16. The van der Waals surface area contributed by atoms with Crippen molar-refractivity contribution < 1.29 is 14.7 Å². The van der Waals surface area contributed by atoms with Crippen LogP contribution in [0.3, 0.4) is 0 Å². The summed E-state index contributed by atoms with van der Waals surface area (Å²) in [6.07, 6.45) is 3.45. The molecule has 0 saturated carbocycles. The summed E-state index contributed by atoms with van der Waals surface area (Å²) in [4.78, 5) is 28.7. The van der Waals surface area contributed by atoms with E-state index < -0.39 is 0 Å². The van der Waals surface area contributed by atoms with Crippen LogP contribution in [-0.2, 0) is 9.59 Å². The Morgan fingerprint density at radius 3 is 2.23 bits per heavy atom. The van der Waals surface area contributed by atoms with Crippen LogP contribution in [-0.4, -0.2) is 59.0 Å². The minimum Gasteiger partial charge on any atom is -0.396 e. The van der Waals surface area contributed by atoms with Gasteiger partial charge in [-0.15, -0.1) is 0 Å². The van der Waals surface area contributed by atoms with E-state index >= 15 is 0 Å². The third-order valence-electron chi connectivity index (χ3n) is 3.99. The molecule has 0 bridgehead atoms. The van der Waals surface area contributed by atoms with E-state index in [9.17, 15) is 14.7 Å². The molecule has 0 aliphatic carbocycles. The van der Waals surface area contributed by atoms with Gasteiger partial charge in [-0.3, -0.25) is 9.59 Å². The van der Waals surface area contributed by atoms with Gasteiger partial charge in [-0.05, 0) is 37.5 Å². The predicted molar refractivity (Wildman–Crippen MR) is 87.3 cm³/mol. The quantitative estimate of drug-likeness (QED) is 0.762. The van der Waals surface area contributed by atoms with Gasteiger partial charge < -0.3 is 14.9 Å². The van der Waals surface area contributed by atoms with Crippen molar-refractivity contribution in [2.75, 3.05) is 26.2 Å². The largest absolute Gasteiger partial charge is 0.396 e. The minimum atomic E-state index is -0.389. The van der Waals surface area contributed by atoms with E-state index in [4.69, 9.17) is 0 Å². The molecule has 22 heavy (non-hydrogen) atoms. The molecule has 1 atom stereocenters. The van der Waals surface area contributed by atoms with Crippen LogP contribution >= 0.6 is 0 Å². The molecule has 1 saturated heterocycles. The first-order valence-corrected chi connectivity index (χ1v) is 8.57. The summed E-state index contributed by atoms with van der Waals surface area (Å²) in [7, 11) is 0. The number of likely N-dealkylation sites (tertiary alicyclic amines) is 1. The third-order valence-corrected chi connectivity index (χ3v) is 3.99. The first-order chi connectivity index (χ1) is 10.4. The number of carbonyl (C=O) groups is 2. The van der Waals surface area contributed by atoms with E-state index in [0.29, 0.717) is 37.9 Å². The smallest absolute Gasteiger partial charge is 0.312 e. The average Bonchev–Trinajstić information content (AvgIpc) is 2.45. The van der Waals surface area contributed by atoms with Crippen molar-refractivity contribution in [2.45, 2.75) is 59.4 Å². The molecule has 1 unspecified atom stereocenters. The van der Waals surface area contributed by atoms with Gasteiger partial charge in [0.1, 0.15) is 0 Å². The number of amides is 2. The van der Waals surface area contributed by atoms with E-state index in [1.54, 1.807) is 9.80 Å². The van der Waals surface area contributed by atoms with Gasteiger partial charge in [0.15, 0.2) is 0 Å². The summed E-state index contributed by atoms with van der Waals surface area (Å²) in [5.74, 6) is -0.0955. The van der Waals surface area contributed by atoms with Crippen LogP contribution in [0.2, 0.25) is 0 Å². The molecule has 2 amide bonds. The Balaban J connectivity index is 2.79.